The molecule has 0 saturated heterocycles. The van der Waals surface area contributed by atoms with Gasteiger partial charge in [0.25, 0.3) is 14.1 Å². The summed E-state index contributed by atoms with van der Waals surface area (Å²) in [5, 5.41) is 4.79. The lowest BCUT2D eigenvalue weighted by atomic mass is 10.4. The lowest BCUT2D eigenvalue weighted by molar-refractivity contribution is 0.856. The number of rotatable bonds is 7. The fourth-order valence-electron chi connectivity index (χ4n) is 1.74. The van der Waals surface area contributed by atoms with E-state index < -0.39 is 0 Å². The summed E-state index contributed by atoms with van der Waals surface area (Å²) in [5.74, 6) is 0. The van der Waals surface area contributed by atoms with Gasteiger partial charge in [-0.1, -0.05) is 62.3 Å². The van der Waals surface area contributed by atoms with Crippen molar-refractivity contribution in [2.45, 2.75) is 62.3 Å². The third-order valence-electron chi connectivity index (χ3n) is 2.36. The Morgan fingerprint density at radius 2 is 1.27 bits per heavy atom. The second kappa shape index (κ2) is 8.63. The van der Waals surface area contributed by atoms with Gasteiger partial charge in [0, 0.05) is 0 Å². The molecule has 0 atom stereocenters. The molecule has 0 amide bonds. The first-order valence-electron chi connectivity index (χ1n) is 5.35. The molecule has 0 aliphatic heterocycles. The van der Waals surface area contributed by atoms with E-state index in [-0.39, 0.29) is 14.1 Å². The van der Waals surface area contributed by atoms with E-state index in [1.807, 2.05) is 0 Å². The third kappa shape index (κ3) is 6.91. The topological polar surface area (TPSA) is 0 Å². The quantitative estimate of drug-likeness (QED) is 0.504. The Labute approximate surface area is 76.8 Å². The highest BCUT2D eigenvalue weighted by atomic mass is 27.2. The Hall–Kier alpha value is 0.532. The van der Waals surface area contributed by atoms with Crippen LogP contribution in [0, 0.1) is 0 Å². The van der Waals surface area contributed by atoms with Gasteiger partial charge in [0.05, 0.1) is 0 Å². The number of hydrogen-bond acceptors (Lipinski definition) is 0. The fourth-order valence-corrected chi connectivity index (χ4v) is 5.23. The minimum Gasteiger partial charge on any atom is -0.0941 e. The summed E-state index contributed by atoms with van der Waals surface area (Å²) in [6, 6.07) is 0. The Bertz CT molecular complexity index is 65.3. The molecule has 0 N–H and O–H groups in total. The van der Waals surface area contributed by atoms with Crippen LogP contribution in [-0.4, -0.2) is 14.1 Å². The Morgan fingerprint density at radius 3 is 1.64 bits per heavy atom. The van der Waals surface area contributed by atoms with Crippen LogP contribution in [0.5, 0.6) is 0 Å². The van der Waals surface area contributed by atoms with E-state index in [1.54, 1.807) is 15.8 Å². The van der Waals surface area contributed by atoms with Crippen LogP contribution >= 0.6 is 0 Å². The van der Waals surface area contributed by atoms with Crippen LogP contribution in [0.1, 0.15) is 46.5 Å². The lowest BCUT2D eigenvalue weighted by Gasteiger charge is -2.07. The number of hydrogen-bond donors (Lipinski definition) is 0. The molecule has 0 aromatic heterocycles. The van der Waals surface area contributed by atoms with Gasteiger partial charge < -0.3 is 0 Å². The molecular formula is C10H23Al. The zero-order valence-electron chi connectivity index (χ0n) is 8.53. The molecule has 0 aromatic carbocycles. The summed E-state index contributed by atoms with van der Waals surface area (Å²) in [5.41, 5.74) is 0. The van der Waals surface area contributed by atoms with Crippen LogP contribution in [0.25, 0.3) is 0 Å². The van der Waals surface area contributed by atoms with E-state index in [0.29, 0.717) is 0 Å². The predicted octanol–water partition coefficient (Wildman–Crippen LogP) is 4.10. The van der Waals surface area contributed by atoms with Gasteiger partial charge in [-0.25, -0.2) is 0 Å². The highest BCUT2D eigenvalue weighted by molar-refractivity contribution is 6.58. The van der Waals surface area contributed by atoms with E-state index in [2.05, 4.69) is 20.8 Å². The van der Waals surface area contributed by atoms with Crippen LogP contribution < -0.4 is 0 Å². The van der Waals surface area contributed by atoms with Crippen LogP contribution in [0.2, 0.25) is 15.8 Å². The standard InChI is InChI=1S/C4H9.2C3H7.Al/c1-3-4-2;2*1-3-2;/h1,3-4H2,2H3;2*1,3H2,2H3;. The van der Waals surface area contributed by atoms with E-state index in [0.717, 1.165) is 0 Å². The maximum atomic E-state index is 2.33. The Balaban J connectivity index is 3.34. The molecule has 11 heavy (non-hydrogen) atoms. The first kappa shape index (κ1) is 11.5. The Kier molecular flexibility index (Phi) is 9.05. The maximum absolute atomic E-state index is 2.33. The van der Waals surface area contributed by atoms with Crippen LogP contribution in [-0.2, 0) is 0 Å². The van der Waals surface area contributed by atoms with Gasteiger partial charge in [-0.05, 0) is 0 Å². The largest absolute Gasteiger partial charge is 0.261 e. The SMILES string of the molecule is CCC[CH2][Al]([CH2]CC)[CH2]CC. The minimum atomic E-state index is -0.251. The number of unbranched alkanes of at least 4 members (excludes halogenated alkanes) is 1. The third-order valence-corrected chi connectivity index (χ3v) is 6.37. The fraction of sp³-hybridized carbons (Fsp3) is 1.00. The van der Waals surface area contributed by atoms with Crippen LogP contribution in [0.15, 0.2) is 0 Å². The van der Waals surface area contributed by atoms with Gasteiger partial charge >= 0.3 is 0 Å². The van der Waals surface area contributed by atoms with Crippen molar-refractivity contribution in [3.05, 3.63) is 0 Å². The van der Waals surface area contributed by atoms with Gasteiger partial charge in [-0.15, -0.1) is 0 Å². The van der Waals surface area contributed by atoms with E-state index in [4.69, 9.17) is 0 Å². The molecule has 0 aromatic rings. The van der Waals surface area contributed by atoms with Gasteiger partial charge in [0.1, 0.15) is 0 Å². The van der Waals surface area contributed by atoms with Crippen molar-refractivity contribution in [2.24, 2.45) is 0 Å². The molecule has 0 heterocycles. The normalized spacial score (nSPS) is 10.1. The van der Waals surface area contributed by atoms with Gasteiger partial charge in [-0.3, -0.25) is 0 Å². The second-order valence-corrected chi connectivity index (χ2v) is 7.05. The zero-order chi connectivity index (χ0) is 8.53. The smallest absolute Gasteiger partial charge is 0.0941 e. The molecule has 0 spiro atoms. The van der Waals surface area contributed by atoms with Crippen molar-refractivity contribution in [3.8, 4) is 0 Å². The molecule has 66 valence electrons. The summed E-state index contributed by atoms with van der Waals surface area (Å²) in [4.78, 5) is 0. The van der Waals surface area contributed by atoms with Crippen molar-refractivity contribution in [1.82, 2.24) is 0 Å². The summed E-state index contributed by atoms with van der Waals surface area (Å²) < 4.78 is 0. The van der Waals surface area contributed by atoms with Gasteiger partial charge in [0.2, 0.25) is 0 Å². The maximum Gasteiger partial charge on any atom is 0.261 e. The van der Waals surface area contributed by atoms with Gasteiger partial charge in [0.15, 0.2) is 0 Å². The van der Waals surface area contributed by atoms with Crippen LogP contribution in [0.3, 0.4) is 0 Å². The van der Waals surface area contributed by atoms with Crippen molar-refractivity contribution in [3.63, 3.8) is 0 Å². The molecule has 0 nitrogen and oxygen atoms in total. The van der Waals surface area contributed by atoms with Crippen molar-refractivity contribution in [1.29, 1.82) is 0 Å². The van der Waals surface area contributed by atoms with Crippen molar-refractivity contribution in [2.75, 3.05) is 0 Å². The monoisotopic (exact) mass is 170 g/mol. The first-order chi connectivity index (χ1) is 5.35. The summed E-state index contributed by atoms with van der Waals surface area (Å²) in [6.07, 6.45) is 5.76. The van der Waals surface area contributed by atoms with Crippen molar-refractivity contribution >= 4 is 14.1 Å². The molecule has 0 aliphatic carbocycles. The molecule has 0 fully saturated rings. The summed E-state index contributed by atoms with van der Waals surface area (Å²) in [6.45, 7) is 6.98. The minimum absolute atomic E-state index is 0.251. The Morgan fingerprint density at radius 1 is 0.727 bits per heavy atom. The predicted molar refractivity (Wildman–Crippen MR) is 55.7 cm³/mol. The molecule has 0 radical (unpaired) electrons. The van der Waals surface area contributed by atoms with Crippen molar-refractivity contribution < 1.29 is 0 Å². The molecule has 0 aliphatic rings. The zero-order valence-corrected chi connectivity index (χ0v) is 9.68. The molecular weight excluding hydrogens is 147 g/mol. The highest BCUT2D eigenvalue weighted by Crippen LogP contribution is 2.13. The molecule has 0 bridgehead atoms. The van der Waals surface area contributed by atoms with E-state index in [9.17, 15) is 0 Å². The summed E-state index contributed by atoms with van der Waals surface area (Å²) in [7, 11) is 0. The molecule has 0 saturated carbocycles. The van der Waals surface area contributed by atoms with E-state index >= 15 is 0 Å². The average Bonchev–Trinajstić information content (AvgIpc) is 2.01. The highest BCUT2D eigenvalue weighted by Gasteiger charge is 2.12. The van der Waals surface area contributed by atoms with Crippen LogP contribution in [0.4, 0.5) is 0 Å². The van der Waals surface area contributed by atoms with Gasteiger partial charge in [-0.2, -0.15) is 0 Å². The lowest BCUT2D eigenvalue weighted by Crippen LogP contribution is -2.10. The summed E-state index contributed by atoms with van der Waals surface area (Å²) >= 11 is -0.251. The average molecular weight is 170 g/mol. The molecule has 0 unspecified atom stereocenters. The molecule has 0 rings (SSSR count). The molecule has 1 heteroatoms. The first-order valence-corrected chi connectivity index (χ1v) is 7.80. The van der Waals surface area contributed by atoms with E-state index in [1.165, 1.54) is 25.7 Å². The second-order valence-electron chi connectivity index (χ2n) is 3.59.